The van der Waals surface area contributed by atoms with Gasteiger partial charge in [0.25, 0.3) is 5.91 Å². The quantitative estimate of drug-likeness (QED) is 0.753. The lowest BCUT2D eigenvalue weighted by Gasteiger charge is -2.13. The van der Waals surface area contributed by atoms with E-state index in [2.05, 4.69) is 15.4 Å². The van der Waals surface area contributed by atoms with Gasteiger partial charge in [-0.05, 0) is 12.8 Å². The summed E-state index contributed by atoms with van der Waals surface area (Å²) in [4.78, 5) is 26.7. The lowest BCUT2D eigenvalue weighted by atomic mass is 10.2. The number of nitrogens with zero attached hydrogens (tertiary/aromatic N) is 3. The van der Waals surface area contributed by atoms with Gasteiger partial charge in [0.2, 0.25) is 0 Å². The summed E-state index contributed by atoms with van der Waals surface area (Å²) in [5.74, 6) is -2.09. The highest BCUT2D eigenvalue weighted by molar-refractivity contribution is 7.99. The van der Waals surface area contributed by atoms with Gasteiger partial charge in [-0.2, -0.15) is 5.10 Å². The van der Waals surface area contributed by atoms with Crippen LogP contribution in [0.25, 0.3) is 5.65 Å². The minimum atomic E-state index is -1.16. The molecule has 8 nitrogen and oxygen atoms in total. The molecule has 0 saturated heterocycles. The van der Waals surface area contributed by atoms with Crippen LogP contribution in [0, 0.1) is 0 Å². The Hall–Kier alpha value is -2.29. The van der Waals surface area contributed by atoms with Crippen LogP contribution in [0.1, 0.15) is 36.0 Å². The van der Waals surface area contributed by atoms with Gasteiger partial charge in [0, 0.05) is 11.3 Å². The molecule has 1 fully saturated rings. The number of aromatic nitrogens is 3. The summed E-state index contributed by atoms with van der Waals surface area (Å²) in [6.07, 6.45) is 5.92. The van der Waals surface area contributed by atoms with E-state index >= 15 is 0 Å². The van der Waals surface area contributed by atoms with Crippen LogP contribution in [-0.4, -0.2) is 48.5 Å². The third-order valence-electron chi connectivity index (χ3n) is 3.71. The second kappa shape index (κ2) is 6.45. The monoisotopic (exact) mass is 336 g/mol. The van der Waals surface area contributed by atoms with Gasteiger partial charge in [-0.3, -0.25) is 9.59 Å². The van der Waals surface area contributed by atoms with E-state index in [1.807, 2.05) is 0 Å². The topological polar surface area (TPSA) is 117 Å². The van der Waals surface area contributed by atoms with Crippen molar-refractivity contribution in [3.8, 4) is 5.75 Å². The van der Waals surface area contributed by atoms with Crippen molar-refractivity contribution >= 4 is 29.3 Å². The van der Waals surface area contributed by atoms with Crippen LogP contribution in [0.5, 0.6) is 5.75 Å². The van der Waals surface area contributed by atoms with Gasteiger partial charge in [-0.1, -0.05) is 12.8 Å². The Morgan fingerprint density at radius 1 is 1.39 bits per heavy atom. The summed E-state index contributed by atoms with van der Waals surface area (Å²) in [6.45, 7) is -0.531. The van der Waals surface area contributed by atoms with Crippen molar-refractivity contribution in [3.05, 3.63) is 18.0 Å². The Morgan fingerprint density at radius 3 is 2.83 bits per heavy atom. The molecule has 0 spiro atoms. The molecular formula is C14H16N4O4S. The maximum atomic E-state index is 12.1. The van der Waals surface area contributed by atoms with Crippen molar-refractivity contribution in [2.75, 3.05) is 6.54 Å². The summed E-state index contributed by atoms with van der Waals surface area (Å²) in [7, 11) is 0. The molecule has 0 aromatic carbocycles. The summed E-state index contributed by atoms with van der Waals surface area (Å²) in [5.41, 5.74) is 0.146. The highest BCUT2D eigenvalue weighted by Crippen LogP contribution is 2.37. The number of aliphatic carboxylic acids is 1. The van der Waals surface area contributed by atoms with Crippen molar-refractivity contribution < 1.29 is 19.8 Å². The first-order valence-electron chi connectivity index (χ1n) is 7.28. The summed E-state index contributed by atoms with van der Waals surface area (Å²) in [6, 6.07) is 1.49. The van der Waals surface area contributed by atoms with Gasteiger partial charge in [0.05, 0.1) is 0 Å². The first-order valence-corrected chi connectivity index (χ1v) is 8.16. The number of carbonyl (C=O) groups is 2. The van der Waals surface area contributed by atoms with E-state index < -0.39 is 18.4 Å². The van der Waals surface area contributed by atoms with Gasteiger partial charge in [-0.15, -0.1) is 11.8 Å². The van der Waals surface area contributed by atoms with Gasteiger partial charge >= 0.3 is 5.97 Å². The normalized spacial score (nSPS) is 15.1. The molecule has 0 unspecified atom stereocenters. The van der Waals surface area contributed by atoms with Crippen molar-refractivity contribution in [2.24, 2.45) is 0 Å². The molecule has 1 saturated carbocycles. The predicted molar refractivity (Wildman–Crippen MR) is 82.7 cm³/mol. The average Bonchev–Trinajstić information content (AvgIpc) is 3.16. The Bertz CT molecular complexity index is 755. The fourth-order valence-corrected chi connectivity index (χ4v) is 3.98. The number of carboxylic acids is 1. The molecule has 3 rings (SSSR count). The van der Waals surface area contributed by atoms with Gasteiger partial charge < -0.3 is 15.5 Å². The number of aromatic hydroxyl groups is 1. The van der Waals surface area contributed by atoms with Crippen LogP contribution in [0.4, 0.5) is 0 Å². The molecule has 0 bridgehead atoms. The Balaban J connectivity index is 1.94. The minimum Gasteiger partial charge on any atom is -0.507 e. The summed E-state index contributed by atoms with van der Waals surface area (Å²) in [5, 5.41) is 26.4. The number of amides is 1. The standard InChI is InChI=1S/C14H16N4O4S/c19-9-5-10(23-8-3-1-2-4-8)18-13(16-7-17-18)12(9)14(22)15-6-11(20)21/h5,7-8,19H,1-4,6H2,(H,15,22)(H,20,21). The van der Waals surface area contributed by atoms with Crippen LogP contribution < -0.4 is 5.32 Å². The molecule has 3 N–H and O–H groups in total. The number of nitrogens with one attached hydrogen (secondary N) is 1. The van der Waals surface area contributed by atoms with E-state index in [1.165, 1.54) is 29.8 Å². The molecule has 0 radical (unpaired) electrons. The van der Waals surface area contributed by atoms with E-state index in [0.29, 0.717) is 5.25 Å². The van der Waals surface area contributed by atoms with Crippen LogP contribution in [0.15, 0.2) is 17.4 Å². The fraction of sp³-hybridized carbons (Fsp3) is 0.429. The zero-order valence-corrected chi connectivity index (χ0v) is 13.0. The smallest absolute Gasteiger partial charge is 0.322 e. The highest BCUT2D eigenvalue weighted by atomic mass is 32.2. The molecule has 0 atom stereocenters. The SMILES string of the molecule is O=C(O)CNC(=O)c1c(O)cc(SC2CCCC2)n2ncnc12. The molecule has 23 heavy (non-hydrogen) atoms. The maximum Gasteiger partial charge on any atom is 0.322 e. The summed E-state index contributed by atoms with van der Waals surface area (Å²) < 4.78 is 1.51. The van der Waals surface area contributed by atoms with Crippen LogP contribution >= 0.6 is 11.8 Å². The molecule has 2 aromatic heterocycles. The van der Waals surface area contributed by atoms with Crippen molar-refractivity contribution in [3.63, 3.8) is 0 Å². The van der Waals surface area contributed by atoms with Crippen LogP contribution in [0.3, 0.4) is 0 Å². The molecule has 0 aliphatic heterocycles. The van der Waals surface area contributed by atoms with E-state index in [0.717, 1.165) is 17.9 Å². The number of fused-ring (bicyclic) bond motifs is 1. The van der Waals surface area contributed by atoms with E-state index in [9.17, 15) is 14.7 Å². The fourth-order valence-electron chi connectivity index (χ4n) is 2.66. The number of hydrogen-bond donors (Lipinski definition) is 3. The maximum absolute atomic E-state index is 12.1. The largest absolute Gasteiger partial charge is 0.507 e. The molecule has 1 aliphatic carbocycles. The second-order valence-corrected chi connectivity index (χ2v) is 6.66. The van der Waals surface area contributed by atoms with Gasteiger partial charge in [0.1, 0.15) is 29.2 Å². The molecule has 2 heterocycles. The molecular weight excluding hydrogens is 320 g/mol. The lowest BCUT2D eigenvalue weighted by Crippen LogP contribution is -2.29. The van der Waals surface area contributed by atoms with Crippen LogP contribution in [0.2, 0.25) is 0 Å². The van der Waals surface area contributed by atoms with Crippen molar-refractivity contribution in [1.29, 1.82) is 0 Å². The molecule has 2 aromatic rings. The Morgan fingerprint density at radius 2 is 2.13 bits per heavy atom. The Labute approximate surface area is 135 Å². The molecule has 1 aliphatic rings. The van der Waals surface area contributed by atoms with Crippen LogP contribution in [-0.2, 0) is 4.79 Å². The summed E-state index contributed by atoms with van der Waals surface area (Å²) >= 11 is 1.61. The number of carboxylic acid groups (broad SMARTS) is 1. The second-order valence-electron chi connectivity index (χ2n) is 5.34. The Kier molecular flexibility index (Phi) is 4.37. The zero-order valence-electron chi connectivity index (χ0n) is 12.2. The number of hydrogen-bond acceptors (Lipinski definition) is 6. The van der Waals surface area contributed by atoms with Gasteiger partial charge in [-0.25, -0.2) is 9.50 Å². The number of carbonyl (C=O) groups excluding carboxylic acids is 1. The number of rotatable bonds is 5. The first-order chi connectivity index (χ1) is 11.1. The number of pyridine rings is 1. The van der Waals surface area contributed by atoms with E-state index in [-0.39, 0.29) is 17.0 Å². The zero-order chi connectivity index (χ0) is 16.4. The average molecular weight is 336 g/mol. The predicted octanol–water partition coefficient (Wildman–Crippen LogP) is 1.28. The number of thioether (sulfide) groups is 1. The first kappa shape index (κ1) is 15.6. The van der Waals surface area contributed by atoms with Crippen molar-refractivity contribution in [2.45, 2.75) is 36.0 Å². The third-order valence-corrected chi connectivity index (χ3v) is 5.05. The van der Waals surface area contributed by atoms with E-state index in [4.69, 9.17) is 5.11 Å². The molecule has 1 amide bonds. The lowest BCUT2D eigenvalue weighted by molar-refractivity contribution is -0.135. The van der Waals surface area contributed by atoms with Crippen molar-refractivity contribution in [1.82, 2.24) is 19.9 Å². The third kappa shape index (κ3) is 3.24. The molecule has 122 valence electrons. The minimum absolute atomic E-state index is 0.0699. The molecule has 9 heteroatoms. The van der Waals surface area contributed by atoms with E-state index in [1.54, 1.807) is 11.8 Å². The highest BCUT2D eigenvalue weighted by Gasteiger charge is 2.23. The van der Waals surface area contributed by atoms with Gasteiger partial charge in [0.15, 0.2) is 5.65 Å².